The number of ether oxygens (including phenoxy) is 2. The van der Waals surface area contributed by atoms with Crippen molar-refractivity contribution in [1.82, 2.24) is 0 Å². The Labute approximate surface area is 87.2 Å². The average molecular weight is 206 g/mol. The second-order valence-corrected chi connectivity index (χ2v) is 2.63. The highest BCUT2D eigenvalue weighted by molar-refractivity contribution is 6.03. The van der Waals surface area contributed by atoms with Gasteiger partial charge in [0, 0.05) is 6.07 Å². The minimum absolute atomic E-state index is 0.435. The summed E-state index contributed by atoms with van der Waals surface area (Å²) in [6, 6.07) is 6.34. The summed E-state index contributed by atoms with van der Waals surface area (Å²) in [7, 11) is 3.00. The van der Waals surface area contributed by atoms with Gasteiger partial charge in [0.25, 0.3) is 0 Å². The van der Waals surface area contributed by atoms with Crippen LogP contribution in [0.5, 0.6) is 11.5 Å². The number of nitriles is 1. The molecule has 15 heavy (non-hydrogen) atoms. The van der Waals surface area contributed by atoms with Crippen LogP contribution in [0.4, 0.5) is 5.69 Å². The van der Waals surface area contributed by atoms with Crippen LogP contribution in [-0.4, -0.2) is 20.1 Å². The second kappa shape index (κ2) is 4.86. The molecule has 0 aliphatic rings. The highest BCUT2D eigenvalue weighted by atomic mass is 16.5. The lowest BCUT2D eigenvalue weighted by Gasteiger charge is -2.09. The summed E-state index contributed by atoms with van der Waals surface area (Å²) in [6.07, 6.45) is 0. The fourth-order valence-electron chi connectivity index (χ4n) is 1.05. The largest absolute Gasteiger partial charge is 0.497 e. The number of nitrogens with zero attached hydrogens (tertiary/aromatic N) is 1. The fraction of sp³-hybridized carbons (Fsp3) is 0.200. The molecule has 0 aliphatic heterocycles. The van der Waals surface area contributed by atoms with Gasteiger partial charge in [0.1, 0.15) is 11.5 Å². The molecule has 0 saturated carbocycles. The van der Waals surface area contributed by atoms with Gasteiger partial charge in [-0.1, -0.05) is 0 Å². The molecule has 1 rings (SSSR count). The zero-order chi connectivity index (χ0) is 11.3. The van der Waals surface area contributed by atoms with Crippen LogP contribution in [0.3, 0.4) is 0 Å². The SMILES string of the molecule is COc1ccc(NC(=O)C#N)c(OC)c1. The van der Waals surface area contributed by atoms with E-state index in [0.29, 0.717) is 17.2 Å². The monoisotopic (exact) mass is 206 g/mol. The quantitative estimate of drug-likeness (QED) is 0.753. The van der Waals surface area contributed by atoms with E-state index in [1.54, 1.807) is 18.2 Å². The zero-order valence-electron chi connectivity index (χ0n) is 8.40. The van der Waals surface area contributed by atoms with E-state index in [-0.39, 0.29) is 0 Å². The van der Waals surface area contributed by atoms with E-state index in [9.17, 15) is 4.79 Å². The number of methoxy groups -OCH3 is 2. The Hall–Kier alpha value is -2.22. The molecule has 0 saturated heterocycles. The van der Waals surface area contributed by atoms with Crippen molar-refractivity contribution in [2.45, 2.75) is 0 Å². The Balaban J connectivity index is 2.98. The molecule has 1 aromatic carbocycles. The van der Waals surface area contributed by atoms with Crippen LogP contribution in [0.1, 0.15) is 0 Å². The van der Waals surface area contributed by atoms with Crippen LogP contribution in [0.2, 0.25) is 0 Å². The van der Waals surface area contributed by atoms with Gasteiger partial charge in [-0.2, -0.15) is 5.26 Å². The highest BCUT2D eigenvalue weighted by Gasteiger charge is 2.07. The third-order valence-corrected chi connectivity index (χ3v) is 1.76. The van der Waals surface area contributed by atoms with Crippen molar-refractivity contribution in [3.8, 4) is 17.6 Å². The van der Waals surface area contributed by atoms with Gasteiger partial charge in [-0.05, 0) is 12.1 Å². The van der Waals surface area contributed by atoms with Crippen molar-refractivity contribution in [1.29, 1.82) is 5.26 Å². The van der Waals surface area contributed by atoms with E-state index in [1.807, 2.05) is 0 Å². The van der Waals surface area contributed by atoms with Gasteiger partial charge in [0.05, 0.1) is 19.9 Å². The van der Waals surface area contributed by atoms with Crippen LogP contribution in [0.15, 0.2) is 18.2 Å². The van der Waals surface area contributed by atoms with Crippen LogP contribution in [0, 0.1) is 11.3 Å². The molecular weight excluding hydrogens is 196 g/mol. The van der Waals surface area contributed by atoms with Gasteiger partial charge >= 0.3 is 5.91 Å². The molecule has 0 radical (unpaired) electrons. The van der Waals surface area contributed by atoms with Gasteiger partial charge in [0.2, 0.25) is 0 Å². The number of rotatable bonds is 3. The number of hydrogen-bond donors (Lipinski definition) is 1. The van der Waals surface area contributed by atoms with E-state index in [4.69, 9.17) is 14.7 Å². The number of carbonyl (C=O) groups excluding carboxylic acids is 1. The van der Waals surface area contributed by atoms with Crippen LogP contribution < -0.4 is 14.8 Å². The number of amides is 1. The summed E-state index contributed by atoms with van der Waals surface area (Å²) in [5.41, 5.74) is 0.435. The Kier molecular flexibility index (Phi) is 3.52. The van der Waals surface area contributed by atoms with Gasteiger partial charge in [-0.25, -0.2) is 0 Å². The number of carbonyl (C=O) groups is 1. The molecule has 0 unspecified atom stereocenters. The molecular formula is C10H10N2O3. The summed E-state index contributed by atoms with van der Waals surface area (Å²) >= 11 is 0. The molecule has 0 spiro atoms. The first-order valence-electron chi connectivity index (χ1n) is 4.14. The van der Waals surface area contributed by atoms with Crippen molar-refractivity contribution < 1.29 is 14.3 Å². The lowest BCUT2D eigenvalue weighted by Crippen LogP contribution is -2.09. The van der Waals surface area contributed by atoms with E-state index in [1.165, 1.54) is 20.3 Å². The Morgan fingerprint density at radius 2 is 2.13 bits per heavy atom. The Bertz CT molecular complexity index is 410. The van der Waals surface area contributed by atoms with E-state index < -0.39 is 5.91 Å². The standard InChI is InChI=1S/C10H10N2O3/c1-14-7-3-4-8(9(5-7)15-2)12-10(13)6-11/h3-5H,1-2H3,(H,12,13). The average Bonchev–Trinajstić information content (AvgIpc) is 2.29. The van der Waals surface area contributed by atoms with Crippen molar-refractivity contribution in [2.75, 3.05) is 19.5 Å². The van der Waals surface area contributed by atoms with Crippen LogP contribution in [0.25, 0.3) is 0 Å². The minimum atomic E-state index is -0.738. The number of benzene rings is 1. The summed E-state index contributed by atoms with van der Waals surface area (Å²) in [5, 5.41) is 10.7. The second-order valence-electron chi connectivity index (χ2n) is 2.63. The first kappa shape index (κ1) is 10.9. The molecule has 0 bridgehead atoms. The molecule has 5 nitrogen and oxygen atoms in total. The Morgan fingerprint density at radius 3 is 2.67 bits per heavy atom. The smallest absolute Gasteiger partial charge is 0.326 e. The lowest BCUT2D eigenvalue weighted by atomic mass is 10.2. The maximum atomic E-state index is 10.8. The van der Waals surface area contributed by atoms with Crippen molar-refractivity contribution >= 4 is 11.6 Å². The number of hydrogen-bond acceptors (Lipinski definition) is 4. The number of anilines is 1. The van der Waals surface area contributed by atoms with Gasteiger partial charge in [-0.15, -0.1) is 0 Å². The summed E-state index contributed by atoms with van der Waals surface area (Å²) in [6.45, 7) is 0. The van der Waals surface area contributed by atoms with Gasteiger partial charge in [0.15, 0.2) is 6.07 Å². The highest BCUT2D eigenvalue weighted by Crippen LogP contribution is 2.28. The van der Waals surface area contributed by atoms with E-state index in [2.05, 4.69) is 5.32 Å². The normalized spacial score (nSPS) is 8.87. The molecule has 0 heterocycles. The third-order valence-electron chi connectivity index (χ3n) is 1.76. The van der Waals surface area contributed by atoms with Crippen molar-refractivity contribution in [2.24, 2.45) is 0 Å². The van der Waals surface area contributed by atoms with Crippen LogP contribution in [-0.2, 0) is 4.79 Å². The third kappa shape index (κ3) is 2.61. The first-order chi connectivity index (χ1) is 7.21. The maximum Gasteiger partial charge on any atom is 0.326 e. The van der Waals surface area contributed by atoms with E-state index in [0.717, 1.165) is 0 Å². The number of nitrogens with one attached hydrogen (secondary N) is 1. The molecule has 0 aromatic heterocycles. The summed E-state index contributed by atoms with van der Waals surface area (Å²) in [5.74, 6) is 0.318. The topological polar surface area (TPSA) is 71.3 Å². The Morgan fingerprint density at radius 1 is 1.40 bits per heavy atom. The maximum absolute atomic E-state index is 10.8. The molecule has 5 heteroatoms. The molecule has 0 atom stereocenters. The van der Waals surface area contributed by atoms with E-state index >= 15 is 0 Å². The predicted octanol–water partition coefficient (Wildman–Crippen LogP) is 1.17. The van der Waals surface area contributed by atoms with Crippen molar-refractivity contribution in [3.05, 3.63) is 18.2 Å². The fourth-order valence-corrected chi connectivity index (χ4v) is 1.05. The first-order valence-corrected chi connectivity index (χ1v) is 4.14. The molecule has 1 aromatic rings. The molecule has 1 N–H and O–H groups in total. The van der Waals surface area contributed by atoms with Gasteiger partial charge < -0.3 is 14.8 Å². The molecule has 0 aliphatic carbocycles. The molecule has 0 fully saturated rings. The minimum Gasteiger partial charge on any atom is -0.497 e. The predicted molar refractivity (Wildman–Crippen MR) is 53.8 cm³/mol. The molecule has 1 amide bonds. The lowest BCUT2D eigenvalue weighted by molar-refractivity contribution is -0.111. The van der Waals surface area contributed by atoms with Gasteiger partial charge in [-0.3, -0.25) is 4.79 Å². The van der Waals surface area contributed by atoms with Crippen LogP contribution >= 0.6 is 0 Å². The van der Waals surface area contributed by atoms with Crippen molar-refractivity contribution in [3.63, 3.8) is 0 Å². The summed E-state index contributed by atoms with van der Waals surface area (Å²) in [4.78, 5) is 10.8. The summed E-state index contributed by atoms with van der Waals surface area (Å²) < 4.78 is 10.0. The molecule has 78 valence electrons. The zero-order valence-corrected chi connectivity index (χ0v) is 8.40.